The monoisotopic (exact) mass is 437 g/mol. The minimum Gasteiger partial charge on any atom is -0.466 e. The van der Waals surface area contributed by atoms with E-state index in [0.29, 0.717) is 36.5 Å². The fourth-order valence-corrected chi connectivity index (χ4v) is 4.31. The van der Waals surface area contributed by atoms with Crippen molar-refractivity contribution in [2.24, 2.45) is 5.92 Å². The number of benzene rings is 2. The van der Waals surface area contributed by atoms with E-state index in [-0.39, 0.29) is 17.9 Å². The predicted molar refractivity (Wildman–Crippen MR) is 126 cm³/mol. The lowest BCUT2D eigenvalue weighted by Gasteiger charge is -2.33. The number of nitrogens with two attached hydrogens (primary N) is 1. The number of carbonyl (C=O) groups excluding carboxylic acids is 1. The van der Waals surface area contributed by atoms with Crippen molar-refractivity contribution in [1.82, 2.24) is 14.8 Å². The number of hydrogen-bond donors (Lipinski definition) is 1. The van der Waals surface area contributed by atoms with E-state index in [4.69, 9.17) is 15.5 Å². The molecular formula is C26H23N5O2. The lowest BCUT2D eigenvalue weighted by Crippen LogP contribution is -2.34. The Kier molecular flexibility index (Phi) is 5.27. The van der Waals surface area contributed by atoms with Crippen molar-refractivity contribution < 1.29 is 9.53 Å². The van der Waals surface area contributed by atoms with Crippen molar-refractivity contribution in [3.63, 3.8) is 0 Å². The predicted octanol–water partition coefficient (Wildman–Crippen LogP) is 4.73. The van der Waals surface area contributed by atoms with E-state index < -0.39 is 0 Å². The quantitative estimate of drug-likeness (QED) is 0.452. The molecule has 5 rings (SSSR count). The summed E-state index contributed by atoms with van der Waals surface area (Å²) in [5.41, 5.74) is 10.7. The number of aromatic nitrogens is 3. The number of nitrogens with zero attached hydrogens (tertiary/aromatic N) is 4. The van der Waals surface area contributed by atoms with Gasteiger partial charge in [-0.15, -0.1) is 0 Å². The second kappa shape index (κ2) is 8.40. The van der Waals surface area contributed by atoms with Crippen LogP contribution in [0.15, 0.2) is 60.7 Å². The maximum atomic E-state index is 11.9. The van der Waals surface area contributed by atoms with Crippen LogP contribution in [0.4, 0.5) is 5.82 Å². The molecule has 1 fully saturated rings. The SMILES string of the molecule is CCOC(=O)C1CC(n2nc(-c3ccc4ccc(-c5ccccc5)nc4c3)c(C#N)c2N)C1. The molecule has 1 aliphatic rings. The number of esters is 1. The fourth-order valence-electron chi connectivity index (χ4n) is 4.31. The average molecular weight is 438 g/mol. The topological polar surface area (TPSA) is 107 Å². The van der Waals surface area contributed by atoms with Gasteiger partial charge >= 0.3 is 5.97 Å². The number of rotatable bonds is 5. The molecule has 0 saturated heterocycles. The van der Waals surface area contributed by atoms with Crippen LogP contribution in [0.3, 0.4) is 0 Å². The average Bonchev–Trinajstić information content (AvgIpc) is 3.14. The highest BCUT2D eigenvalue weighted by Gasteiger charge is 2.38. The van der Waals surface area contributed by atoms with Gasteiger partial charge < -0.3 is 10.5 Å². The van der Waals surface area contributed by atoms with Gasteiger partial charge in [0.25, 0.3) is 0 Å². The first-order valence-electron chi connectivity index (χ1n) is 11.0. The van der Waals surface area contributed by atoms with Gasteiger partial charge in [0, 0.05) is 16.5 Å². The third-order valence-electron chi connectivity index (χ3n) is 6.17. The minimum absolute atomic E-state index is 0.0245. The van der Waals surface area contributed by atoms with Crippen molar-refractivity contribution >= 4 is 22.7 Å². The Morgan fingerprint density at radius 2 is 1.91 bits per heavy atom. The lowest BCUT2D eigenvalue weighted by atomic mass is 9.80. The maximum absolute atomic E-state index is 11.9. The Labute approximate surface area is 191 Å². The van der Waals surface area contributed by atoms with Gasteiger partial charge in [-0.25, -0.2) is 9.67 Å². The number of fused-ring (bicyclic) bond motifs is 1. The van der Waals surface area contributed by atoms with Gasteiger partial charge in [-0.3, -0.25) is 4.79 Å². The van der Waals surface area contributed by atoms with Gasteiger partial charge in [-0.05, 0) is 31.9 Å². The molecule has 7 heteroatoms. The van der Waals surface area contributed by atoms with Crippen molar-refractivity contribution in [3.8, 4) is 28.6 Å². The zero-order valence-electron chi connectivity index (χ0n) is 18.2. The second-order valence-corrected chi connectivity index (χ2v) is 8.21. The summed E-state index contributed by atoms with van der Waals surface area (Å²) in [5, 5.41) is 15.5. The number of hydrogen-bond acceptors (Lipinski definition) is 6. The molecule has 0 atom stereocenters. The summed E-state index contributed by atoms with van der Waals surface area (Å²) < 4.78 is 6.79. The maximum Gasteiger partial charge on any atom is 0.309 e. The van der Waals surface area contributed by atoms with Crippen molar-refractivity contribution in [2.75, 3.05) is 12.3 Å². The van der Waals surface area contributed by atoms with Gasteiger partial charge in [-0.2, -0.15) is 10.4 Å². The highest BCUT2D eigenvalue weighted by Crippen LogP contribution is 2.41. The zero-order valence-corrected chi connectivity index (χ0v) is 18.2. The molecule has 0 radical (unpaired) electrons. The third-order valence-corrected chi connectivity index (χ3v) is 6.17. The van der Waals surface area contributed by atoms with E-state index in [1.807, 2.05) is 60.7 Å². The standard InChI is InChI=1S/C26H23N5O2/c1-2-33-26(32)19-12-20(13-19)31-25(28)21(15-27)24(30-31)18-9-8-17-10-11-22(29-23(17)14-18)16-6-4-3-5-7-16/h3-11,14,19-20H,2,12-13,28H2,1H3. The van der Waals surface area contributed by atoms with E-state index in [9.17, 15) is 10.1 Å². The van der Waals surface area contributed by atoms with E-state index >= 15 is 0 Å². The molecule has 1 saturated carbocycles. The molecule has 0 bridgehead atoms. The normalized spacial score (nSPS) is 17.3. The highest BCUT2D eigenvalue weighted by atomic mass is 16.5. The number of anilines is 1. The van der Waals surface area contributed by atoms with E-state index in [0.717, 1.165) is 27.7 Å². The molecule has 7 nitrogen and oxygen atoms in total. The number of ether oxygens (including phenoxy) is 1. The van der Waals surface area contributed by atoms with Gasteiger partial charge in [0.05, 0.1) is 29.8 Å². The Morgan fingerprint density at radius 3 is 2.64 bits per heavy atom. The fraction of sp³-hybridized carbons (Fsp3) is 0.231. The third kappa shape index (κ3) is 3.70. The molecule has 164 valence electrons. The van der Waals surface area contributed by atoms with Crippen molar-refractivity contribution in [2.45, 2.75) is 25.8 Å². The Balaban J connectivity index is 1.49. The molecule has 2 heterocycles. The van der Waals surface area contributed by atoms with E-state index in [1.165, 1.54) is 0 Å². The zero-order chi connectivity index (χ0) is 22.9. The molecule has 0 aliphatic heterocycles. The van der Waals surface area contributed by atoms with E-state index in [1.54, 1.807) is 11.6 Å². The number of nitriles is 1. The Hall–Kier alpha value is -4.18. The second-order valence-electron chi connectivity index (χ2n) is 8.21. The number of pyridine rings is 1. The molecule has 33 heavy (non-hydrogen) atoms. The van der Waals surface area contributed by atoms with Gasteiger partial charge in [0.1, 0.15) is 23.1 Å². The molecule has 2 aromatic heterocycles. The van der Waals surface area contributed by atoms with Crippen LogP contribution in [0.1, 0.15) is 31.4 Å². The molecule has 1 aliphatic carbocycles. The van der Waals surface area contributed by atoms with Gasteiger partial charge in [0.2, 0.25) is 0 Å². The summed E-state index contributed by atoms with van der Waals surface area (Å²) in [6.45, 7) is 2.17. The summed E-state index contributed by atoms with van der Waals surface area (Å²) in [7, 11) is 0. The molecule has 4 aromatic rings. The molecule has 0 spiro atoms. The highest BCUT2D eigenvalue weighted by molar-refractivity contribution is 5.87. The summed E-state index contributed by atoms with van der Waals surface area (Å²) >= 11 is 0. The van der Waals surface area contributed by atoms with Crippen LogP contribution in [0.2, 0.25) is 0 Å². The lowest BCUT2D eigenvalue weighted by molar-refractivity contribution is -0.152. The van der Waals surface area contributed by atoms with Crippen LogP contribution in [-0.2, 0) is 9.53 Å². The number of nitrogen functional groups attached to an aromatic ring is 1. The molecule has 0 unspecified atom stereocenters. The molecule has 2 N–H and O–H groups in total. The largest absolute Gasteiger partial charge is 0.466 e. The minimum atomic E-state index is -0.185. The van der Waals surface area contributed by atoms with Crippen LogP contribution in [-0.4, -0.2) is 27.3 Å². The summed E-state index contributed by atoms with van der Waals surface area (Å²) in [6.07, 6.45) is 1.21. The summed E-state index contributed by atoms with van der Waals surface area (Å²) in [5.74, 6) is -0.00487. The molecular weight excluding hydrogens is 414 g/mol. The van der Waals surface area contributed by atoms with Crippen LogP contribution < -0.4 is 5.73 Å². The van der Waals surface area contributed by atoms with Crippen LogP contribution in [0, 0.1) is 17.2 Å². The van der Waals surface area contributed by atoms with E-state index in [2.05, 4.69) is 11.2 Å². The van der Waals surface area contributed by atoms with Crippen molar-refractivity contribution in [3.05, 3.63) is 66.2 Å². The van der Waals surface area contributed by atoms with Crippen LogP contribution >= 0.6 is 0 Å². The van der Waals surface area contributed by atoms with Gasteiger partial charge in [0.15, 0.2) is 0 Å². The first-order chi connectivity index (χ1) is 16.1. The van der Waals surface area contributed by atoms with Crippen molar-refractivity contribution in [1.29, 1.82) is 5.26 Å². The smallest absolute Gasteiger partial charge is 0.309 e. The Morgan fingerprint density at radius 1 is 1.15 bits per heavy atom. The first-order valence-corrected chi connectivity index (χ1v) is 11.0. The number of carbonyl (C=O) groups is 1. The summed E-state index contributed by atoms with van der Waals surface area (Å²) in [4.78, 5) is 16.8. The summed E-state index contributed by atoms with van der Waals surface area (Å²) in [6, 6.07) is 22.1. The van der Waals surface area contributed by atoms with Crippen LogP contribution in [0.5, 0.6) is 0 Å². The molecule has 0 amide bonds. The first kappa shape index (κ1) is 20.7. The van der Waals surface area contributed by atoms with Crippen LogP contribution in [0.25, 0.3) is 33.4 Å². The molecule has 2 aromatic carbocycles. The Bertz CT molecular complexity index is 1380. The van der Waals surface area contributed by atoms with Gasteiger partial charge in [-0.1, -0.05) is 48.5 Å².